The number of hydrogen-bond acceptors (Lipinski definition) is 3. The van der Waals surface area contributed by atoms with Crippen LogP contribution >= 0.6 is 24.0 Å². The summed E-state index contributed by atoms with van der Waals surface area (Å²) in [6.45, 7) is 4.34. The molecular weight excluding hydrogens is 486 g/mol. The van der Waals surface area contributed by atoms with E-state index in [0.717, 1.165) is 25.8 Å². The Morgan fingerprint density at radius 1 is 1.28 bits per heavy atom. The number of likely N-dealkylation sites (tertiary alicyclic amines) is 1. The van der Waals surface area contributed by atoms with Crippen LogP contribution in [0.2, 0.25) is 0 Å². The van der Waals surface area contributed by atoms with Crippen LogP contribution in [0.3, 0.4) is 0 Å². The van der Waals surface area contributed by atoms with Gasteiger partial charge in [0.15, 0.2) is 5.96 Å². The molecule has 2 atom stereocenters. The van der Waals surface area contributed by atoms with E-state index in [1.54, 1.807) is 12.1 Å². The number of nitrogens with zero attached hydrogens (tertiary/aromatic N) is 2. The molecule has 1 aromatic rings. The van der Waals surface area contributed by atoms with Crippen LogP contribution in [0.15, 0.2) is 29.3 Å². The topological polar surface area (TPSA) is 77.0 Å². The van der Waals surface area contributed by atoms with Crippen molar-refractivity contribution >= 4 is 35.8 Å². The summed E-state index contributed by atoms with van der Waals surface area (Å²) in [5, 5.41) is 16.9. The molecule has 1 aromatic carbocycles. The van der Waals surface area contributed by atoms with Crippen molar-refractivity contribution in [2.24, 2.45) is 10.9 Å². The second-order valence-corrected chi connectivity index (χ2v) is 7.68. The summed E-state index contributed by atoms with van der Waals surface area (Å²) >= 11 is 0. The Balaban J connectivity index is 0.00000300. The lowest BCUT2D eigenvalue weighted by molar-refractivity contribution is -0.134. The van der Waals surface area contributed by atoms with Crippen LogP contribution in [0.5, 0.6) is 0 Å². The van der Waals surface area contributed by atoms with E-state index < -0.39 is 6.10 Å². The van der Waals surface area contributed by atoms with E-state index in [0.29, 0.717) is 30.5 Å². The highest BCUT2D eigenvalue weighted by Crippen LogP contribution is 2.27. The lowest BCUT2D eigenvalue weighted by Crippen LogP contribution is -2.45. The van der Waals surface area contributed by atoms with Gasteiger partial charge in [-0.1, -0.05) is 25.0 Å². The molecule has 1 aliphatic heterocycles. The van der Waals surface area contributed by atoms with Crippen LogP contribution in [-0.2, 0) is 4.79 Å². The maximum absolute atomic E-state index is 13.0. The van der Waals surface area contributed by atoms with Crippen molar-refractivity contribution in [3.05, 3.63) is 35.6 Å². The molecule has 3 rings (SSSR count). The number of halogens is 2. The van der Waals surface area contributed by atoms with Crippen LogP contribution in [0.25, 0.3) is 0 Å². The van der Waals surface area contributed by atoms with Crippen LogP contribution in [0.4, 0.5) is 4.39 Å². The largest absolute Gasteiger partial charge is 0.386 e. The number of benzene rings is 1. The third kappa shape index (κ3) is 6.80. The molecule has 162 valence electrons. The van der Waals surface area contributed by atoms with E-state index in [-0.39, 0.29) is 48.3 Å². The molecule has 0 bridgehead atoms. The fraction of sp³-hybridized carbons (Fsp3) is 0.619. The molecule has 2 fully saturated rings. The summed E-state index contributed by atoms with van der Waals surface area (Å²) < 4.78 is 13.0. The van der Waals surface area contributed by atoms with E-state index in [4.69, 9.17) is 0 Å². The second-order valence-electron chi connectivity index (χ2n) is 7.68. The van der Waals surface area contributed by atoms with Crippen LogP contribution in [0.1, 0.15) is 50.7 Å². The van der Waals surface area contributed by atoms with Gasteiger partial charge in [0.25, 0.3) is 0 Å². The first-order valence-corrected chi connectivity index (χ1v) is 10.3. The van der Waals surface area contributed by atoms with Gasteiger partial charge >= 0.3 is 0 Å². The minimum atomic E-state index is -0.792. The average molecular weight is 518 g/mol. The summed E-state index contributed by atoms with van der Waals surface area (Å²) in [7, 11) is 0. The zero-order valence-corrected chi connectivity index (χ0v) is 19.3. The van der Waals surface area contributed by atoms with Gasteiger partial charge in [0.2, 0.25) is 5.91 Å². The Bertz CT molecular complexity index is 680. The zero-order valence-electron chi connectivity index (χ0n) is 16.9. The van der Waals surface area contributed by atoms with Gasteiger partial charge in [-0.3, -0.25) is 9.79 Å². The maximum atomic E-state index is 13.0. The molecule has 6 nitrogen and oxygen atoms in total. The number of guanidine groups is 1. The molecule has 0 spiro atoms. The third-order valence-corrected chi connectivity index (χ3v) is 5.57. The number of hydrogen-bond donors (Lipinski definition) is 3. The number of carbonyl (C=O) groups excluding carboxylic acids is 1. The highest BCUT2D eigenvalue weighted by molar-refractivity contribution is 14.0. The molecule has 3 N–H and O–H groups in total. The van der Waals surface area contributed by atoms with Gasteiger partial charge in [-0.25, -0.2) is 4.39 Å². The normalized spacial score (nSPS) is 21.0. The number of nitrogens with one attached hydrogen (secondary N) is 2. The second kappa shape index (κ2) is 11.7. The summed E-state index contributed by atoms with van der Waals surface area (Å²) in [6.07, 6.45) is 4.49. The SMILES string of the molecule is CCNC(=NCC(O)c1ccc(F)cc1)NC1CCN(C(=O)C2CCCC2)C1.I. The molecule has 0 radical (unpaired) electrons. The first-order chi connectivity index (χ1) is 13.6. The van der Waals surface area contributed by atoms with E-state index >= 15 is 0 Å². The number of aliphatic imine (C=N–C) groups is 1. The first-order valence-electron chi connectivity index (χ1n) is 10.3. The van der Waals surface area contributed by atoms with Crippen molar-refractivity contribution in [1.29, 1.82) is 0 Å². The van der Waals surface area contributed by atoms with Gasteiger partial charge in [0.1, 0.15) is 5.82 Å². The molecule has 1 heterocycles. The van der Waals surface area contributed by atoms with E-state index in [1.165, 1.54) is 25.0 Å². The summed E-state index contributed by atoms with van der Waals surface area (Å²) in [6, 6.07) is 5.96. The highest BCUT2D eigenvalue weighted by atomic mass is 127. The Hall–Kier alpha value is -1.42. The summed E-state index contributed by atoms with van der Waals surface area (Å²) in [4.78, 5) is 19.0. The van der Waals surface area contributed by atoms with Gasteiger partial charge < -0.3 is 20.6 Å². The number of amides is 1. The van der Waals surface area contributed by atoms with Crippen molar-refractivity contribution in [2.75, 3.05) is 26.2 Å². The lowest BCUT2D eigenvalue weighted by Gasteiger charge is -2.21. The monoisotopic (exact) mass is 518 g/mol. The molecule has 2 aliphatic rings. The quantitative estimate of drug-likeness (QED) is 0.308. The molecule has 1 saturated carbocycles. The lowest BCUT2D eigenvalue weighted by atomic mass is 10.1. The van der Waals surface area contributed by atoms with Crippen molar-refractivity contribution in [3.8, 4) is 0 Å². The van der Waals surface area contributed by atoms with Gasteiger partial charge in [-0.2, -0.15) is 0 Å². The molecule has 29 heavy (non-hydrogen) atoms. The molecule has 1 amide bonds. The van der Waals surface area contributed by atoms with Gasteiger partial charge in [0, 0.05) is 31.6 Å². The minimum absolute atomic E-state index is 0. The van der Waals surface area contributed by atoms with E-state index in [9.17, 15) is 14.3 Å². The predicted octanol–water partition coefficient (Wildman–Crippen LogP) is 2.82. The molecule has 0 aromatic heterocycles. The van der Waals surface area contributed by atoms with Crippen molar-refractivity contribution in [1.82, 2.24) is 15.5 Å². The average Bonchev–Trinajstić information content (AvgIpc) is 3.38. The van der Waals surface area contributed by atoms with Gasteiger partial charge in [0.05, 0.1) is 12.6 Å². The van der Waals surface area contributed by atoms with Gasteiger partial charge in [-0.05, 0) is 43.9 Å². The smallest absolute Gasteiger partial charge is 0.225 e. The number of rotatable bonds is 6. The third-order valence-electron chi connectivity index (χ3n) is 5.57. The van der Waals surface area contributed by atoms with E-state index in [2.05, 4.69) is 15.6 Å². The van der Waals surface area contributed by atoms with Crippen molar-refractivity contribution in [2.45, 2.75) is 51.2 Å². The summed E-state index contributed by atoms with van der Waals surface area (Å²) in [5.74, 6) is 0.818. The predicted molar refractivity (Wildman–Crippen MR) is 123 cm³/mol. The maximum Gasteiger partial charge on any atom is 0.225 e. The van der Waals surface area contributed by atoms with Crippen molar-refractivity contribution in [3.63, 3.8) is 0 Å². The number of aliphatic hydroxyl groups excluding tert-OH is 1. The Morgan fingerprint density at radius 3 is 2.62 bits per heavy atom. The zero-order chi connectivity index (χ0) is 19.9. The molecule has 1 saturated heterocycles. The Labute approximate surface area is 189 Å². The summed E-state index contributed by atoms with van der Waals surface area (Å²) in [5.41, 5.74) is 0.634. The van der Waals surface area contributed by atoms with Crippen molar-refractivity contribution < 1.29 is 14.3 Å². The minimum Gasteiger partial charge on any atom is -0.386 e. The van der Waals surface area contributed by atoms with Crippen LogP contribution in [-0.4, -0.2) is 54.1 Å². The van der Waals surface area contributed by atoms with Gasteiger partial charge in [-0.15, -0.1) is 24.0 Å². The van der Waals surface area contributed by atoms with E-state index in [1.807, 2.05) is 11.8 Å². The molecular formula is C21H32FIN4O2. The van der Waals surface area contributed by atoms with Crippen LogP contribution in [0, 0.1) is 11.7 Å². The Kier molecular flexibility index (Phi) is 9.61. The fourth-order valence-corrected chi connectivity index (χ4v) is 3.99. The fourth-order valence-electron chi connectivity index (χ4n) is 3.99. The Morgan fingerprint density at radius 2 is 1.97 bits per heavy atom. The standard InChI is InChI=1S/C21H31FN4O2.HI/c1-2-23-21(24-13-19(27)15-7-9-17(22)10-8-15)25-18-11-12-26(14-18)20(28)16-5-3-4-6-16;/h7-10,16,18-19,27H,2-6,11-14H2,1H3,(H2,23,24,25);1H. The molecule has 8 heteroatoms. The number of aliphatic hydroxyl groups is 1. The molecule has 1 aliphatic carbocycles. The highest BCUT2D eigenvalue weighted by Gasteiger charge is 2.32. The number of carbonyl (C=O) groups is 1. The molecule has 2 unspecified atom stereocenters. The first kappa shape index (κ1) is 23.9. The van der Waals surface area contributed by atoms with Crippen LogP contribution < -0.4 is 10.6 Å².